The second-order valence-electron chi connectivity index (χ2n) is 14.4. The molecule has 1 aliphatic carbocycles. The van der Waals surface area contributed by atoms with Gasteiger partial charge in [0, 0.05) is 53.1 Å². The van der Waals surface area contributed by atoms with E-state index in [1.807, 2.05) is 41.7 Å². The molecular weight excluding hydrogens is 667 g/mol. The Balaban J connectivity index is 1.10. The summed E-state index contributed by atoms with van der Waals surface area (Å²) in [6, 6.07) is 53.6. The Labute approximate surface area is 310 Å². The first kappa shape index (κ1) is 30.2. The van der Waals surface area contributed by atoms with Crippen LogP contribution in [0.15, 0.2) is 156 Å². The second-order valence-corrected chi connectivity index (χ2v) is 15.5. The highest BCUT2D eigenvalue weighted by molar-refractivity contribution is 7.25. The Bertz CT molecular complexity index is 3100. The van der Waals surface area contributed by atoms with Crippen molar-refractivity contribution in [1.82, 2.24) is 15.0 Å². The van der Waals surface area contributed by atoms with E-state index in [1.54, 1.807) is 0 Å². The maximum atomic E-state index is 6.49. The molecule has 3 aromatic heterocycles. The van der Waals surface area contributed by atoms with Crippen LogP contribution in [0.4, 0.5) is 0 Å². The zero-order valence-electron chi connectivity index (χ0n) is 29.1. The average Bonchev–Trinajstić information content (AvgIpc) is 3.85. The molecule has 5 heteroatoms. The largest absolute Gasteiger partial charge is 0.456 e. The smallest absolute Gasteiger partial charge is 0.164 e. The highest BCUT2D eigenvalue weighted by atomic mass is 32.1. The minimum atomic E-state index is -0.0324. The summed E-state index contributed by atoms with van der Waals surface area (Å²) in [4.78, 5) is 15.4. The van der Waals surface area contributed by atoms with Gasteiger partial charge < -0.3 is 4.42 Å². The first-order valence-corrected chi connectivity index (χ1v) is 18.7. The van der Waals surface area contributed by atoms with Crippen LogP contribution >= 0.6 is 11.3 Å². The Hall–Kier alpha value is -6.43. The van der Waals surface area contributed by atoms with E-state index in [-0.39, 0.29) is 5.41 Å². The molecule has 0 bridgehead atoms. The van der Waals surface area contributed by atoms with Gasteiger partial charge in [-0.05, 0) is 81.9 Å². The van der Waals surface area contributed by atoms with Crippen molar-refractivity contribution in [3.05, 3.63) is 163 Å². The second kappa shape index (κ2) is 11.3. The maximum absolute atomic E-state index is 6.49. The van der Waals surface area contributed by atoms with Crippen LogP contribution in [-0.4, -0.2) is 15.0 Å². The molecule has 10 aromatic rings. The minimum Gasteiger partial charge on any atom is -0.456 e. The van der Waals surface area contributed by atoms with Crippen LogP contribution < -0.4 is 0 Å². The van der Waals surface area contributed by atoms with Crippen molar-refractivity contribution < 1.29 is 4.42 Å². The molecule has 7 aromatic carbocycles. The molecule has 0 N–H and O–H groups in total. The number of rotatable bonds is 4. The Morgan fingerprint density at radius 2 is 1.09 bits per heavy atom. The molecule has 0 amide bonds. The van der Waals surface area contributed by atoms with Gasteiger partial charge in [0.2, 0.25) is 0 Å². The lowest BCUT2D eigenvalue weighted by Crippen LogP contribution is -2.14. The number of fused-ring (bicyclic) bond motifs is 9. The first-order valence-electron chi connectivity index (χ1n) is 17.9. The van der Waals surface area contributed by atoms with Gasteiger partial charge in [0.05, 0.1) is 0 Å². The molecule has 0 fully saturated rings. The Kier molecular flexibility index (Phi) is 6.43. The van der Waals surface area contributed by atoms with Crippen LogP contribution in [0.25, 0.3) is 98.5 Å². The molecule has 53 heavy (non-hydrogen) atoms. The number of furan rings is 1. The fourth-order valence-electron chi connectivity index (χ4n) is 8.30. The highest BCUT2D eigenvalue weighted by Crippen LogP contribution is 2.50. The van der Waals surface area contributed by atoms with Gasteiger partial charge in [0.1, 0.15) is 11.2 Å². The number of benzene rings is 7. The van der Waals surface area contributed by atoms with Crippen LogP contribution in [0.2, 0.25) is 0 Å². The third-order valence-corrected chi connectivity index (χ3v) is 12.1. The number of hydrogen-bond acceptors (Lipinski definition) is 5. The summed E-state index contributed by atoms with van der Waals surface area (Å²) in [7, 11) is 0. The van der Waals surface area contributed by atoms with E-state index in [0.717, 1.165) is 44.2 Å². The van der Waals surface area contributed by atoms with Gasteiger partial charge in [-0.1, -0.05) is 117 Å². The molecule has 0 radical (unpaired) electrons. The summed E-state index contributed by atoms with van der Waals surface area (Å²) in [5.74, 6) is 1.88. The molecule has 11 rings (SSSR count). The fraction of sp³-hybridized carbons (Fsp3) is 0.0625. The van der Waals surface area contributed by atoms with Crippen LogP contribution in [0.1, 0.15) is 25.0 Å². The van der Waals surface area contributed by atoms with E-state index in [9.17, 15) is 0 Å². The SMILES string of the molecule is CC1(C)c2ccccc2-c2cc(-c3ccc4oc5cccc(-c6nc(-c7ccccc7)nc(-c7ccc8sc9ccccc9c8c7)n6)c5c4c3)ccc21. The lowest BCUT2D eigenvalue weighted by atomic mass is 9.82. The summed E-state index contributed by atoms with van der Waals surface area (Å²) < 4.78 is 9.01. The van der Waals surface area contributed by atoms with Gasteiger partial charge in [-0.2, -0.15) is 0 Å². The van der Waals surface area contributed by atoms with Gasteiger partial charge in [0.25, 0.3) is 0 Å². The van der Waals surface area contributed by atoms with Gasteiger partial charge in [-0.3, -0.25) is 0 Å². The van der Waals surface area contributed by atoms with E-state index < -0.39 is 0 Å². The molecule has 0 unspecified atom stereocenters. The van der Waals surface area contributed by atoms with Crippen molar-refractivity contribution in [1.29, 1.82) is 0 Å². The number of aromatic nitrogens is 3. The number of hydrogen-bond donors (Lipinski definition) is 0. The summed E-state index contributed by atoms with van der Waals surface area (Å²) in [6.07, 6.45) is 0. The Morgan fingerprint density at radius 1 is 0.434 bits per heavy atom. The first-order chi connectivity index (χ1) is 26.0. The zero-order valence-corrected chi connectivity index (χ0v) is 29.9. The zero-order chi connectivity index (χ0) is 35.3. The third-order valence-electron chi connectivity index (χ3n) is 11.0. The number of thiophene rings is 1. The predicted molar refractivity (Wildman–Crippen MR) is 219 cm³/mol. The molecule has 3 heterocycles. The van der Waals surface area contributed by atoms with E-state index >= 15 is 0 Å². The molecule has 0 saturated heterocycles. The topological polar surface area (TPSA) is 51.8 Å². The maximum Gasteiger partial charge on any atom is 0.164 e. The van der Waals surface area contributed by atoms with E-state index in [0.29, 0.717) is 17.5 Å². The van der Waals surface area contributed by atoms with Crippen LogP contribution in [0, 0.1) is 0 Å². The van der Waals surface area contributed by atoms with E-state index in [2.05, 4.69) is 135 Å². The predicted octanol–water partition coefficient (Wildman–Crippen LogP) is 13.1. The molecule has 4 nitrogen and oxygen atoms in total. The van der Waals surface area contributed by atoms with Crippen molar-refractivity contribution in [2.24, 2.45) is 0 Å². The molecule has 0 saturated carbocycles. The summed E-state index contributed by atoms with van der Waals surface area (Å²) in [5.41, 5.74) is 12.1. The summed E-state index contributed by atoms with van der Waals surface area (Å²) >= 11 is 1.81. The molecule has 1 aliphatic rings. The van der Waals surface area contributed by atoms with Crippen molar-refractivity contribution in [3.8, 4) is 56.4 Å². The van der Waals surface area contributed by atoms with Gasteiger partial charge in [-0.15, -0.1) is 11.3 Å². The molecule has 0 atom stereocenters. The average molecular weight is 698 g/mol. The lowest BCUT2D eigenvalue weighted by molar-refractivity contribution is 0.660. The highest BCUT2D eigenvalue weighted by Gasteiger charge is 2.35. The molecule has 250 valence electrons. The lowest BCUT2D eigenvalue weighted by Gasteiger charge is -2.21. The molecule has 0 spiro atoms. The third kappa shape index (κ3) is 4.64. The summed E-state index contributed by atoms with van der Waals surface area (Å²) in [6.45, 7) is 4.64. The van der Waals surface area contributed by atoms with E-state index in [4.69, 9.17) is 19.4 Å². The van der Waals surface area contributed by atoms with Crippen molar-refractivity contribution in [2.75, 3.05) is 0 Å². The van der Waals surface area contributed by atoms with Gasteiger partial charge >= 0.3 is 0 Å². The monoisotopic (exact) mass is 697 g/mol. The van der Waals surface area contributed by atoms with Crippen LogP contribution in [0.5, 0.6) is 0 Å². The Morgan fingerprint density at radius 3 is 2.00 bits per heavy atom. The molecule has 0 aliphatic heterocycles. The van der Waals surface area contributed by atoms with Crippen LogP contribution in [0.3, 0.4) is 0 Å². The van der Waals surface area contributed by atoms with Gasteiger partial charge in [0.15, 0.2) is 17.5 Å². The number of nitrogens with zero attached hydrogens (tertiary/aromatic N) is 3. The molecular formula is C48H31N3OS. The van der Waals surface area contributed by atoms with Gasteiger partial charge in [-0.25, -0.2) is 15.0 Å². The standard InChI is InChI=1S/C48H31N3OS/c1-48(2)38-16-8-6-13-32(38)35-25-29(19-22-39(35)48)30-20-23-40-37(26-30)44-34(15-10-17-41(44)52-40)47-50-45(28-11-4-3-5-12-28)49-46(51-47)31-21-24-43-36(27-31)33-14-7-9-18-42(33)53-43/h3-27H,1-2H3. The minimum absolute atomic E-state index is 0.0324. The normalized spacial score (nSPS) is 13.2. The van der Waals surface area contributed by atoms with Crippen LogP contribution in [-0.2, 0) is 5.41 Å². The summed E-state index contributed by atoms with van der Waals surface area (Å²) in [5, 5.41) is 4.48. The fourth-order valence-corrected chi connectivity index (χ4v) is 9.39. The van der Waals surface area contributed by atoms with E-state index in [1.165, 1.54) is 48.0 Å². The van der Waals surface area contributed by atoms with Crippen molar-refractivity contribution in [2.45, 2.75) is 19.3 Å². The van der Waals surface area contributed by atoms with Crippen molar-refractivity contribution in [3.63, 3.8) is 0 Å². The van der Waals surface area contributed by atoms with Crippen molar-refractivity contribution >= 4 is 53.4 Å². The quantitative estimate of drug-likeness (QED) is 0.184.